The van der Waals surface area contributed by atoms with Gasteiger partial charge in [0.15, 0.2) is 10.9 Å². The Hall–Kier alpha value is -3.63. The monoisotopic (exact) mass is 582 g/mol. The Kier molecular flexibility index (Phi) is 7.14. The number of aromatic nitrogens is 4. The fraction of sp³-hybridized carbons (Fsp3) is 0.444. The minimum atomic E-state index is -0.868. The van der Waals surface area contributed by atoms with Gasteiger partial charge in [-0.25, -0.2) is 18.7 Å². The summed E-state index contributed by atoms with van der Waals surface area (Å²) in [5.74, 6) is 0.889. The Morgan fingerprint density at radius 3 is 2.67 bits per heavy atom. The van der Waals surface area contributed by atoms with Crippen LogP contribution in [0.1, 0.15) is 36.8 Å². The molecule has 5 heterocycles. The molecule has 1 unspecified atom stereocenters. The number of fused-ring (bicyclic) bond motifs is 1. The largest absolute Gasteiger partial charge is 0.346 e. The van der Waals surface area contributed by atoms with Crippen molar-refractivity contribution >= 4 is 49.6 Å². The number of rotatable bonds is 8. The smallest absolute Gasteiger partial charge is 0.222 e. The minimum absolute atomic E-state index is 0.0455. The summed E-state index contributed by atoms with van der Waals surface area (Å²) in [5, 5.41) is 16.2. The van der Waals surface area contributed by atoms with Crippen LogP contribution in [0, 0.1) is 23.1 Å². The van der Waals surface area contributed by atoms with Gasteiger partial charge in [0, 0.05) is 32.1 Å². The molecule has 0 saturated carbocycles. The van der Waals surface area contributed by atoms with Gasteiger partial charge in [0.2, 0.25) is 16.0 Å². The average Bonchev–Trinajstić information content (AvgIpc) is 3.72. The highest BCUT2D eigenvalue weighted by atomic mass is 32.1. The number of carbonyl (C=O) groups excluding carboxylic acids is 1. The number of alkyl halides is 1. The third-order valence-corrected chi connectivity index (χ3v) is 9.53. The van der Waals surface area contributed by atoms with Crippen LogP contribution >= 0.6 is 22.7 Å². The molecule has 0 radical (unpaired) electrons. The molecule has 2 aliphatic heterocycles. The second kappa shape index (κ2) is 10.7. The van der Waals surface area contributed by atoms with Crippen LogP contribution in [0.25, 0.3) is 16.2 Å². The SMILES string of the molecule is CCc1nc2sc(N3CCC(CCC(=O)N4CC(F)C4)C3)nn2c1N(C)c1nc(-c2ccc(F)cc2)c(C#N)s1. The van der Waals surface area contributed by atoms with Gasteiger partial charge in [-0.1, -0.05) is 29.6 Å². The Morgan fingerprint density at radius 2 is 1.98 bits per heavy atom. The van der Waals surface area contributed by atoms with Crippen LogP contribution in [0.2, 0.25) is 0 Å². The zero-order valence-corrected chi connectivity index (χ0v) is 23.8. The predicted octanol–water partition coefficient (Wildman–Crippen LogP) is 5.04. The number of carbonyl (C=O) groups is 1. The lowest BCUT2D eigenvalue weighted by Crippen LogP contribution is -2.51. The van der Waals surface area contributed by atoms with Gasteiger partial charge in [0.25, 0.3) is 0 Å². The van der Waals surface area contributed by atoms with E-state index >= 15 is 0 Å². The van der Waals surface area contributed by atoms with E-state index in [0.717, 1.165) is 47.5 Å². The van der Waals surface area contributed by atoms with Gasteiger partial charge in [-0.3, -0.25) is 4.79 Å². The number of hydrogen-bond donors (Lipinski definition) is 0. The van der Waals surface area contributed by atoms with E-state index in [1.807, 2.05) is 23.4 Å². The van der Waals surface area contributed by atoms with Crippen molar-refractivity contribution < 1.29 is 13.6 Å². The summed E-state index contributed by atoms with van der Waals surface area (Å²) in [4.78, 5) is 28.8. The van der Waals surface area contributed by atoms with E-state index in [1.165, 1.54) is 34.8 Å². The number of imidazole rings is 1. The Morgan fingerprint density at radius 1 is 1.20 bits per heavy atom. The summed E-state index contributed by atoms with van der Waals surface area (Å²) in [6.07, 6.45) is 2.07. The second-order valence-electron chi connectivity index (χ2n) is 10.2. The van der Waals surface area contributed by atoms with Gasteiger partial charge >= 0.3 is 0 Å². The molecular weight excluding hydrogens is 554 g/mol. The number of benzene rings is 1. The lowest BCUT2D eigenvalue weighted by Gasteiger charge is -2.34. The summed E-state index contributed by atoms with van der Waals surface area (Å²) in [6.45, 7) is 4.18. The molecule has 0 aliphatic carbocycles. The molecule has 40 heavy (non-hydrogen) atoms. The molecule has 208 valence electrons. The summed E-state index contributed by atoms with van der Waals surface area (Å²) in [7, 11) is 1.89. The highest BCUT2D eigenvalue weighted by Gasteiger charge is 2.32. The number of aryl methyl sites for hydroxylation is 1. The van der Waals surface area contributed by atoms with Crippen molar-refractivity contribution in [3.8, 4) is 17.3 Å². The van der Waals surface area contributed by atoms with Gasteiger partial charge < -0.3 is 14.7 Å². The first-order chi connectivity index (χ1) is 19.3. The number of anilines is 3. The fourth-order valence-corrected chi connectivity index (χ4v) is 7.05. The molecule has 13 heteroatoms. The molecule has 2 fully saturated rings. The van der Waals surface area contributed by atoms with Crippen molar-refractivity contribution in [2.45, 2.75) is 38.8 Å². The van der Waals surface area contributed by atoms with Crippen molar-refractivity contribution in [2.24, 2.45) is 5.92 Å². The van der Waals surface area contributed by atoms with Crippen molar-refractivity contribution in [1.82, 2.24) is 24.5 Å². The first-order valence-corrected chi connectivity index (χ1v) is 14.9. The van der Waals surface area contributed by atoms with Crippen LogP contribution in [-0.2, 0) is 11.2 Å². The average molecular weight is 583 g/mol. The second-order valence-corrected chi connectivity index (χ2v) is 12.1. The number of nitriles is 1. The first kappa shape index (κ1) is 26.6. The quantitative estimate of drug-likeness (QED) is 0.287. The molecule has 9 nitrogen and oxygen atoms in total. The Balaban J connectivity index is 1.21. The first-order valence-electron chi connectivity index (χ1n) is 13.3. The van der Waals surface area contributed by atoms with Gasteiger partial charge in [-0.2, -0.15) is 9.78 Å². The van der Waals surface area contributed by atoms with Crippen molar-refractivity contribution in [1.29, 1.82) is 5.26 Å². The number of hydrogen-bond acceptors (Lipinski definition) is 9. The molecule has 0 N–H and O–H groups in total. The van der Waals surface area contributed by atoms with Crippen molar-refractivity contribution in [3.63, 3.8) is 0 Å². The minimum Gasteiger partial charge on any atom is -0.346 e. The normalized spacial score (nSPS) is 17.4. The van der Waals surface area contributed by atoms with Crippen molar-refractivity contribution in [3.05, 3.63) is 40.7 Å². The highest BCUT2D eigenvalue weighted by molar-refractivity contribution is 7.20. The molecule has 3 aromatic heterocycles. The number of amides is 1. The van der Waals surface area contributed by atoms with Gasteiger partial charge in [-0.15, -0.1) is 5.10 Å². The van der Waals surface area contributed by atoms with Gasteiger partial charge in [0.05, 0.1) is 18.8 Å². The fourth-order valence-electron chi connectivity index (χ4n) is 5.25. The lowest BCUT2D eigenvalue weighted by atomic mass is 10.0. The number of likely N-dealkylation sites (tertiary alicyclic amines) is 1. The summed E-state index contributed by atoms with van der Waals surface area (Å²) in [6, 6.07) is 8.20. The molecule has 0 spiro atoms. The van der Waals surface area contributed by atoms with E-state index in [0.29, 0.717) is 40.0 Å². The van der Waals surface area contributed by atoms with Crippen LogP contribution in [0.3, 0.4) is 0 Å². The summed E-state index contributed by atoms with van der Waals surface area (Å²) < 4.78 is 28.4. The number of thiazole rings is 1. The van der Waals surface area contributed by atoms with Crippen LogP contribution in [0.5, 0.6) is 0 Å². The van der Waals surface area contributed by atoms with E-state index in [2.05, 4.69) is 11.0 Å². The third kappa shape index (κ3) is 4.90. The third-order valence-electron chi connectivity index (χ3n) is 7.53. The molecule has 1 amide bonds. The highest BCUT2D eigenvalue weighted by Crippen LogP contribution is 2.39. The topological polar surface area (TPSA) is 93.7 Å². The molecule has 6 rings (SSSR count). The maximum absolute atomic E-state index is 13.5. The van der Waals surface area contributed by atoms with Crippen LogP contribution in [-0.4, -0.2) is 69.8 Å². The Bertz CT molecular complexity index is 1580. The van der Waals surface area contributed by atoms with E-state index in [1.54, 1.807) is 17.0 Å². The van der Waals surface area contributed by atoms with E-state index < -0.39 is 6.17 Å². The summed E-state index contributed by atoms with van der Waals surface area (Å²) >= 11 is 2.80. The van der Waals surface area contributed by atoms with Crippen LogP contribution in [0.15, 0.2) is 24.3 Å². The summed E-state index contributed by atoms with van der Waals surface area (Å²) in [5.41, 5.74) is 2.08. The van der Waals surface area contributed by atoms with E-state index in [4.69, 9.17) is 15.1 Å². The maximum atomic E-state index is 13.5. The van der Waals surface area contributed by atoms with Crippen molar-refractivity contribution in [2.75, 3.05) is 43.0 Å². The van der Waals surface area contributed by atoms with E-state index in [-0.39, 0.29) is 24.8 Å². The lowest BCUT2D eigenvalue weighted by molar-refractivity contribution is -0.138. The van der Waals surface area contributed by atoms with Gasteiger partial charge in [-0.05, 0) is 49.4 Å². The number of halogens is 2. The zero-order valence-electron chi connectivity index (χ0n) is 22.2. The molecule has 1 atom stereocenters. The molecule has 4 aromatic rings. The molecular formula is C27H28F2N8OS2. The Labute approximate surface area is 238 Å². The standard InChI is InChI=1S/C27H28F2N8OS2/c1-3-20-24(34(2)25-32-23(21(12-30)39-25)17-5-7-18(28)8-6-17)37-26(31-20)40-27(33-37)35-11-10-16(13-35)4-9-22(38)36-14-19(29)15-36/h5-8,16,19H,3-4,9-11,13-15H2,1-2H3. The zero-order chi connectivity index (χ0) is 28.0. The molecule has 2 saturated heterocycles. The predicted molar refractivity (Wildman–Crippen MR) is 152 cm³/mol. The van der Waals surface area contributed by atoms with Gasteiger partial charge in [0.1, 0.15) is 28.6 Å². The van der Waals surface area contributed by atoms with Crippen LogP contribution in [0.4, 0.5) is 24.9 Å². The maximum Gasteiger partial charge on any atom is 0.222 e. The van der Waals surface area contributed by atoms with E-state index in [9.17, 15) is 18.8 Å². The molecule has 2 aliphatic rings. The molecule has 1 aromatic carbocycles. The van der Waals surface area contributed by atoms with Crippen LogP contribution < -0.4 is 9.80 Å². The number of nitrogens with zero attached hydrogens (tertiary/aromatic N) is 8. The molecule has 0 bridgehead atoms.